The van der Waals surface area contributed by atoms with Gasteiger partial charge in [0.1, 0.15) is 0 Å². The summed E-state index contributed by atoms with van der Waals surface area (Å²) in [6.07, 6.45) is 0.876. The Morgan fingerprint density at radius 2 is 1.88 bits per heavy atom. The van der Waals surface area contributed by atoms with Crippen LogP contribution in [0.4, 0.5) is 10.5 Å². The second kappa shape index (κ2) is 8.68. The lowest BCUT2D eigenvalue weighted by Gasteiger charge is -2.22. The summed E-state index contributed by atoms with van der Waals surface area (Å²) in [7, 11) is 0. The van der Waals surface area contributed by atoms with Crippen molar-refractivity contribution in [3.8, 4) is 0 Å². The molecule has 1 fully saturated rings. The highest BCUT2D eigenvalue weighted by Gasteiger charge is 2.29. The predicted octanol–water partition coefficient (Wildman–Crippen LogP) is 2.04. The van der Waals surface area contributed by atoms with E-state index in [0.717, 1.165) is 31.7 Å². The van der Waals surface area contributed by atoms with Crippen LogP contribution in [-0.2, 0) is 4.79 Å². The van der Waals surface area contributed by atoms with Gasteiger partial charge >= 0.3 is 6.03 Å². The van der Waals surface area contributed by atoms with Gasteiger partial charge in [0.05, 0.1) is 5.92 Å². The zero-order chi connectivity index (χ0) is 17.5. The molecule has 6 heteroatoms. The number of amides is 3. The number of nitrogens with one attached hydrogen (secondary N) is 3. The number of hydrogen-bond donors (Lipinski definition) is 3. The summed E-state index contributed by atoms with van der Waals surface area (Å²) in [4.78, 5) is 26.3. The summed E-state index contributed by atoms with van der Waals surface area (Å²) in [6.45, 7) is 8.32. The summed E-state index contributed by atoms with van der Waals surface area (Å²) >= 11 is 0. The number of hydrogen-bond acceptors (Lipinski definition) is 3. The van der Waals surface area contributed by atoms with Gasteiger partial charge in [0.2, 0.25) is 5.91 Å². The lowest BCUT2D eigenvalue weighted by Crippen LogP contribution is -2.43. The number of carbonyl (C=O) groups excluding carboxylic acids is 2. The fourth-order valence-corrected chi connectivity index (χ4v) is 2.96. The average Bonchev–Trinajstić information content (AvgIpc) is 2.95. The molecule has 2 unspecified atom stereocenters. The molecule has 2 rings (SSSR count). The van der Waals surface area contributed by atoms with Crippen LogP contribution in [0.2, 0.25) is 0 Å². The Hall–Kier alpha value is -2.08. The van der Waals surface area contributed by atoms with Crippen LogP contribution in [0.25, 0.3) is 0 Å². The zero-order valence-corrected chi connectivity index (χ0v) is 14.7. The second-order valence-electron chi connectivity index (χ2n) is 6.77. The van der Waals surface area contributed by atoms with Crippen molar-refractivity contribution in [3.05, 3.63) is 30.3 Å². The van der Waals surface area contributed by atoms with Crippen molar-refractivity contribution in [2.75, 3.05) is 25.0 Å². The van der Waals surface area contributed by atoms with E-state index in [2.05, 4.69) is 20.9 Å². The first-order valence-electron chi connectivity index (χ1n) is 8.59. The van der Waals surface area contributed by atoms with Gasteiger partial charge in [0.15, 0.2) is 0 Å². The molecule has 1 aromatic carbocycles. The van der Waals surface area contributed by atoms with Crippen LogP contribution in [0.3, 0.4) is 0 Å². The van der Waals surface area contributed by atoms with E-state index in [9.17, 15) is 9.59 Å². The Morgan fingerprint density at radius 1 is 1.17 bits per heavy atom. The van der Waals surface area contributed by atoms with Gasteiger partial charge in [0.25, 0.3) is 0 Å². The van der Waals surface area contributed by atoms with Gasteiger partial charge in [-0.25, -0.2) is 4.79 Å². The van der Waals surface area contributed by atoms with Crippen molar-refractivity contribution in [3.63, 3.8) is 0 Å². The zero-order valence-electron chi connectivity index (χ0n) is 14.7. The maximum atomic E-state index is 12.1. The molecule has 0 saturated carbocycles. The Labute approximate surface area is 144 Å². The minimum Gasteiger partial charge on any atom is -0.354 e. The standard InChI is InChI=1S/C18H28N4O2/c1-13(2)19-17(23)15-9-10-22(12-15)11-14(3)20-18(24)21-16-7-5-4-6-8-16/h4-8,13-15H,9-12H2,1-3H3,(H,19,23)(H2,20,21,24). The molecule has 0 aromatic heterocycles. The smallest absolute Gasteiger partial charge is 0.319 e. The van der Waals surface area contributed by atoms with E-state index in [4.69, 9.17) is 0 Å². The molecule has 1 aromatic rings. The summed E-state index contributed by atoms with van der Waals surface area (Å²) in [5.74, 6) is 0.188. The Bertz CT molecular complexity index is 547. The SMILES string of the molecule is CC(C)NC(=O)C1CCN(CC(C)NC(=O)Nc2ccccc2)C1. The molecule has 3 N–H and O–H groups in total. The minimum absolute atomic E-state index is 0.0145. The molecule has 1 aliphatic heterocycles. The van der Waals surface area contributed by atoms with E-state index in [1.54, 1.807) is 0 Å². The van der Waals surface area contributed by atoms with E-state index in [0.29, 0.717) is 0 Å². The largest absolute Gasteiger partial charge is 0.354 e. The highest BCUT2D eigenvalue weighted by atomic mass is 16.2. The van der Waals surface area contributed by atoms with Gasteiger partial charge in [-0.1, -0.05) is 18.2 Å². The van der Waals surface area contributed by atoms with Crippen LogP contribution in [0.5, 0.6) is 0 Å². The van der Waals surface area contributed by atoms with Crippen molar-refractivity contribution in [1.29, 1.82) is 0 Å². The fourth-order valence-electron chi connectivity index (χ4n) is 2.96. The van der Waals surface area contributed by atoms with Crippen molar-refractivity contribution in [1.82, 2.24) is 15.5 Å². The molecule has 132 valence electrons. The van der Waals surface area contributed by atoms with Gasteiger partial charge in [-0.2, -0.15) is 0 Å². The topological polar surface area (TPSA) is 73.5 Å². The molecule has 1 heterocycles. The van der Waals surface area contributed by atoms with Crippen LogP contribution in [0.15, 0.2) is 30.3 Å². The third-order valence-corrected chi connectivity index (χ3v) is 4.02. The van der Waals surface area contributed by atoms with Crippen molar-refractivity contribution >= 4 is 17.6 Å². The number of anilines is 1. The van der Waals surface area contributed by atoms with Crippen LogP contribution in [-0.4, -0.2) is 48.6 Å². The highest BCUT2D eigenvalue weighted by Crippen LogP contribution is 2.16. The number of nitrogens with zero attached hydrogens (tertiary/aromatic N) is 1. The molecule has 0 radical (unpaired) electrons. The fraction of sp³-hybridized carbons (Fsp3) is 0.556. The molecule has 1 aliphatic rings. The first-order valence-corrected chi connectivity index (χ1v) is 8.59. The number of urea groups is 1. The highest BCUT2D eigenvalue weighted by molar-refractivity contribution is 5.89. The molecule has 6 nitrogen and oxygen atoms in total. The van der Waals surface area contributed by atoms with Crippen LogP contribution < -0.4 is 16.0 Å². The van der Waals surface area contributed by atoms with Crippen molar-refractivity contribution in [2.24, 2.45) is 5.92 Å². The molecule has 2 atom stereocenters. The Kier molecular flexibility index (Phi) is 6.61. The third-order valence-electron chi connectivity index (χ3n) is 4.02. The first kappa shape index (κ1) is 18.3. The lowest BCUT2D eigenvalue weighted by molar-refractivity contribution is -0.125. The Balaban J connectivity index is 1.72. The third kappa shape index (κ3) is 5.85. The summed E-state index contributed by atoms with van der Waals surface area (Å²) in [6, 6.07) is 9.35. The number of carbonyl (C=O) groups is 2. The van der Waals surface area contributed by atoms with E-state index in [1.807, 2.05) is 51.1 Å². The van der Waals surface area contributed by atoms with Gasteiger partial charge in [-0.3, -0.25) is 4.79 Å². The summed E-state index contributed by atoms with van der Waals surface area (Å²) in [5.41, 5.74) is 0.772. The maximum absolute atomic E-state index is 12.1. The molecular formula is C18H28N4O2. The molecule has 1 saturated heterocycles. The molecule has 0 aliphatic carbocycles. The minimum atomic E-state index is -0.206. The van der Waals surface area contributed by atoms with E-state index >= 15 is 0 Å². The van der Waals surface area contributed by atoms with Gasteiger partial charge in [0, 0.05) is 30.9 Å². The van der Waals surface area contributed by atoms with E-state index in [1.165, 1.54) is 0 Å². The molecule has 0 bridgehead atoms. The average molecular weight is 332 g/mol. The van der Waals surface area contributed by atoms with Gasteiger partial charge < -0.3 is 20.9 Å². The maximum Gasteiger partial charge on any atom is 0.319 e. The number of rotatable bonds is 6. The van der Waals surface area contributed by atoms with Gasteiger partial charge in [-0.15, -0.1) is 0 Å². The van der Waals surface area contributed by atoms with Crippen LogP contribution >= 0.6 is 0 Å². The van der Waals surface area contributed by atoms with Crippen molar-refractivity contribution < 1.29 is 9.59 Å². The van der Waals surface area contributed by atoms with E-state index in [-0.39, 0.29) is 29.9 Å². The quantitative estimate of drug-likeness (QED) is 0.746. The lowest BCUT2D eigenvalue weighted by atomic mass is 10.1. The Morgan fingerprint density at radius 3 is 2.54 bits per heavy atom. The van der Waals surface area contributed by atoms with Gasteiger partial charge in [-0.05, 0) is 45.9 Å². The normalized spacial score (nSPS) is 19.1. The first-order chi connectivity index (χ1) is 11.4. The van der Waals surface area contributed by atoms with Crippen LogP contribution in [0.1, 0.15) is 27.2 Å². The van der Waals surface area contributed by atoms with Crippen LogP contribution in [0, 0.1) is 5.92 Å². The summed E-state index contributed by atoms with van der Waals surface area (Å²) < 4.78 is 0. The van der Waals surface area contributed by atoms with E-state index < -0.39 is 0 Å². The number of para-hydroxylation sites is 1. The number of benzene rings is 1. The monoisotopic (exact) mass is 332 g/mol. The molecule has 24 heavy (non-hydrogen) atoms. The predicted molar refractivity (Wildman–Crippen MR) is 95.9 cm³/mol. The number of likely N-dealkylation sites (tertiary alicyclic amines) is 1. The van der Waals surface area contributed by atoms with Crippen molar-refractivity contribution in [2.45, 2.75) is 39.3 Å². The molecular weight excluding hydrogens is 304 g/mol. The summed E-state index contributed by atoms with van der Waals surface area (Å²) in [5, 5.41) is 8.73. The molecule has 0 spiro atoms. The second-order valence-corrected chi connectivity index (χ2v) is 6.77. The molecule has 3 amide bonds.